The highest BCUT2D eigenvalue weighted by Crippen LogP contribution is 2.27. The zero-order chi connectivity index (χ0) is 19.3. The van der Waals surface area contributed by atoms with Crippen LogP contribution in [0.25, 0.3) is 0 Å². The number of carbonyl (C=O) groups is 1. The summed E-state index contributed by atoms with van der Waals surface area (Å²) in [6.07, 6.45) is 0.806. The Balaban J connectivity index is 2.14. The number of methoxy groups -OCH3 is 1. The van der Waals surface area contributed by atoms with E-state index in [0.717, 1.165) is 27.3 Å². The number of thiocarbonyl (C=S) groups is 1. The first-order valence-electron chi connectivity index (χ1n) is 7.59. The standard InChI is InChI=1S/C17H16IN3O4S/c1-3-10-8-12(18)5-6-13(10)19-17(26)20-16(22)11-4-7-15(25-2)14(9-11)21(23)24/h4-9H,3H2,1-2H3,(H2,19,20,22,26). The lowest BCUT2D eigenvalue weighted by atomic mass is 10.1. The summed E-state index contributed by atoms with van der Waals surface area (Å²) in [4.78, 5) is 22.8. The van der Waals surface area contributed by atoms with Crippen molar-refractivity contribution in [2.24, 2.45) is 0 Å². The first kappa shape index (κ1) is 20.0. The van der Waals surface area contributed by atoms with Gasteiger partial charge in [0.2, 0.25) is 0 Å². The summed E-state index contributed by atoms with van der Waals surface area (Å²) in [6.45, 7) is 2.02. The second kappa shape index (κ2) is 8.90. The number of hydrogen-bond donors (Lipinski definition) is 2. The molecule has 0 heterocycles. The molecule has 9 heteroatoms. The van der Waals surface area contributed by atoms with Gasteiger partial charge in [-0.3, -0.25) is 20.2 Å². The van der Waals surface area contributed by atoms with Gasteiger partial charge in [-0.15, -0.1) is 0 Å². The van der Waals surface area contributed by atoms with E-state index in [4.69, 9.17) is 17.0 Å². The molecule has 0 aliphatic heterocycles. The molecule has 0 fully saturated rings. The summed E-state index contributed by atoms with van der Waals surface area (Å²) in [5.74, 6) is -0.462. The van der Waals surface area contributed by atoms with Crippen LogP contribution in [0, 0.1) is 13.7 Å². The first-order chi connectivity index (χ1) is 12.3. The number of nitro benzene ring substituents is 1. The molecule has 26 heavy (non-hydrogen) atoms. The maximum absolute atomic E-state index is 12.3. The lowest BCUT2D eigenvalue weighted by Crippen LogP contribution is -2.34. The number of anilines is 1. The number of aryl methyl sites for hydroxylation is 1. The third kappa shape index (κ3) is 4.88. The molecule has 136 valence electrons. The second-order valence-electron chi connectivity index (χ2n) is 5.21. The molecule has 0 saturated heterocycles. The van der Waals surface area contributed by atoms with Crippen LogP contribution in [0.1, 0.15) is 22.8 Å². The number of nitro groups is 1. The SMILES string of the molecule is CCc1cc(I)ccc1NC(=S)NC(=O)c1ccc(OC)c([N+](=O)[O-])c1. The van der Waals surface area contributed by atoms with Gasteiger partial charge in [0.15, 0.2) is 10.9 Å². The van der Waals surface area contributed by atoms with Crippen molar-refractivity contribution in [2.45, 2.75) is 13.3 Å². The smallest absolute Gasteiger partial charge is 0.311 e. The minimum absolute atomic E-state index is 0.0822. The predicted molar refractivity (Wildman–Crippen MR) is 112 cm³/mol. The zero-order valence-electron chi connectivity index (χ0n) is 14.0. The van der Waals surface area contributed by atoms with Crippen molar-refractivity contribution in [1.82, 2.24) is 5.32 Å². The Hall–Kier alpha value is -2.27. The number of nitrogens with zero attached hydrogens (tertiary/aromatic N) is 1. The van der Waals surface area contributed by atoms with Crippen molar-refractivity contribution in [2.75, 3.05) is 12.4 Å². The van der Waals surface area contributed by atoms with E-state index in [1.165, 1.54) is 19.2 Å². The van der Waals surface area contributed by atoms with Crippen LogP contribution in [-0.2, 0) is 6.42 Å². The quantitative estimate of drug-likeness (QED) is 0.289. The van der Waals surface area contributed by atoms with Gasteiger partial charge >= 0.3 is 5.69 Å². The van der Waals surface area contributed by atoms with Crippen LogP contribution in [0.3, 0.4) is 0 Å². The average molecular weight is 485 g/mol. The zero-order valence-corrected chi connectivity index (χ0v) is 17.0. The molecular formula is C17H16IN3O4S. The van der Waals surface area contributed by atoms with E-state index in [2.05, 4.69) is 33.2 Å². The topological polar surface area (TPSA) is 93.5 Å². The van der Waals surface area contributed by atoms with Crippen LogP contribution in [0.5, 0.6) is 5.75 Å². The van der Waals surface area contributed by atoms with Gasteiger partial charge in [0.05, 0.1) is 12.0 Å². The second-order valence-corrected chi connectivity index (χ2v) is 6.86. The normalized spacial score (nSPS) is 10.1. The highest BCUT2D eigenvalue weighted by atomic mass is 127. The molecule has 0 aliphatic carbocycles. The maximum atomic E-state index is 12.3. The molecule has 0 saturated carbocycles. The molecule has 7 nitrogen and oxygen atoms in total. The Morgan fingerprint density at radius 3 is 2.65 bits per heavy atom. The Morgan fingerprint density at radius 1 is 1.31 bits per heavy atom. The lowest BCUT2D eigenvalue weighted by Gasteiger charge is -2.13. The molecule has 0 bridgehead atoms. The number of rotatable bonds is 5. The van der Waals surface area contributed by atoms with Crippen molar-refractivity contribution in [3.05, 3.63) is 61.2 Å². The fraction of sp³-hybridized carbons (Fsp3) is 0.176. The number of nitrogens with one attached hydrogen (secondary N) is 2. The Bertz CT molecular complexity index is 873. The summed E-state index contributed by atoms with van der Waals surface area (Å²) in [6, 6.07) is 9.81. The Kier molecular flexibility index (Phi) is 6.86. The summed E-state index contributed by atoms with van der Waals surface area (Å²) >= 11 is 7.41. The number of carbonyl (C=O) groups excluding carboxylic acids is 1. The van der Waals surface area contributed by atoms with Gasteiger partial charge in [0.25, 0.3) is 5.91 Å². The third-order valence-electron chi connectivity index (χ3n) is 3.56. The van der Waals surface area contributed by atoms with Crippen LogP contribution in [0.15, 0.2) is 36.4 Å². The van der Waals surface area contributed by atoms with E-state index < -0.39 is 10.8 Å². The molecule has 2 N–H and O–H groups in total. The van der Waals surface area contributed by atoms with Gasteiger partial charge in [-0.1, -0.05) is 6.92 Å². The predicted octanol–water partition coefficient (Wildman–Crippen LogP) is 3.90. The van der Waals surface area contributed by atoms with Gasteiger partial charge in [-0.05, 0) is 77.1 Å². The van der Waals surface area contributed by atoms with Crippen LogP contribution in [0.2, 0.25) is 0 Å². The monoisotopic (exact) mass is 485 g/mol. The average Bonchev–Trinajstić information content (AvgIpc) is 2.62. The van der Waals surface area contributed by atoms with Gasteiger partial charge in [0, 0.05) is 20.9 Å². The molecule has 2 rings (SSSR count). The maximum Gasteiger partial charge on any atom is 0.311 e. The number of hydrogen-bond acceptors (Lipinski definition) is 5. The number of halogens is 1. The van der Waals surface area contributed by atoms with Crippen LogP contribution < -0.4 is 15.4 Å². The lowest BCUT2D eigenvalue weighted by molar-refractivity contribution is -0.385. The van der Waals surface area contributed by atoms with Crippen molar-refractivity contribution < 1.29 is 14.5 Å². The molecule has 0 aromatic heterocycles. The molecule has 0 aliphatic rings. The van der Waals surface area contributed by atoms with Crippen molar-refractivity contribution in [1.29, 1.82) is 0 Å². The van der Waals surface area contributed by atoms with E-state index >= 15 is 0 Å². The molecule has 0 unspecified atom stereocenters. The fourth-order valence-electron chi connectivity index (χ4n) is 2.28. The number of amides is 1. The van der Waals surface area contributed by atoms with Gasteiger partial charge in [-0.25, -0.2) is 0 Å². The van der Waals surface area contributed by atoms with Crippen molar-refractivity contribution in [3.8, 4) is 5.75 Å². The van der Waals surface area contributed by atoms with Crippen LogP contribution in [0.4, 0.5) is 11.4 Å². The minimum Gasteiger partial charge on any atom is -0.490 e. The van der Waals surface area contributed by atoms with E-state index in [0.29, 0.717) is 0 Å². The number of benzene rings is 2. The van der Waals surface area contributed by atoms with Crippen LogP contribution >= 0.6 is 34.8 Å². The molecule has 1 amide bonds. The molecule has 0 atom stereocenters. The summed E-state index contributed by atoms with van der Waals surface area (Å²) in [5.41, 5.74) is 1.69. The Labute approximate surface area is 169 Å². The van der Waals surface area contributed by atoms with Crippen molar-refractivity contribution >= 4 is 57.2 Å². The Morgan fingerprint density at radius 2 is 2.04 bits per heavy atom. The van der Waals surface area contributed by atoms with Gasteiger partial charge in [0.1, 0.15) is 0 Å². The molecule has 2 aromatic rings. The minimum atomic E-state index is -0.606. The molecule has 0 radical (unpaired) electrons. The van der Waals surface area contributed by atoms with E-state index in [1.807, 2.05) is 25.1 Å². The van der Waals surface area contributed by atoms with Gasteiger partial charge in [-0.2, -0.15) is 0 Å². The van der Waals surface area contributed by atoms with E-state index in [9.17, 15) is 14.9 Å². The van der Waals surface area contributed by atoms with Crippen molar-refractivity contribution in [3.63, 3.8) is 0 Å². The van der Waals surface area contributed by atoms with E-state index in [1.54, 1.807) is 0 Å². The fourth-order valence-corrected chi connectivity index (χ4v) is 3.04. The third-order valence-corrected chi connectivity index (χ3v) is 4.44. The number of ether oxygens (including phenoxy) is 1. The summed E-state index contributed by atoms with van der Waals surface area (Å²) in [7, 11) is 1.33. The summed E-state index contributed by atoms with van der Waals surface area (Å²) < 4.78 is 6.03. The highest BCUT2D eigenvalue weighted by Gasteiger charge is 2.18. The van der Waals surface area contributed by atoms with E-state index in [-0.39, 0.29) is 22.1 Å². The molecular weight excluding hydrogens is 469 g/mol. The molecule has 0 spiro atoms. The van der Waals surface area contributed by atoms with Gasteiger partial charge < -0.3 is 10.1 Å². The first-order valence-corrected chi connectivity index (χ1v) is 9.07. The summed E-state index contributed by atoms with van der Waals surface area (Å²) in [5, 5.41) is 16.7. The highest BCUT2D eigenvalue weighted by molar-refractivity contribution is 14.1. The largest absolute Gasteiger partial charge is 0.490 e. The molecule has 2 aromatic carbocycles. The van der Waals surface area contributed by atoms with Crippen LogP contribution in [-0.4, -0.2) is 23.1 Å².